The number of ketones is 1. The third-order valence-corrected chi connectivity index (χ3v) is 3.37. The predicted octanol–water partition coefficient (Wildman–Crippen LogP) is 2.49. The van der Waals surface area contributed by atoms with Gasteiger partial charge in [0.2, 0.25) is 0 Å². The zero-order valence-electron chi connectivity index (χ0n) is 9.86. The Kier molecular flexibility index (Phi) is 3.73. The summed E-state index contributed by atoms with van der Waals surface area (Å²) in [6, 6.07) is 10.4. The normalized spacial score (nSPS) is 22.3. The van der Waals surface area contributed by atoms with E-state index < -0.39 is 0 Å². The standard InChI is InChI=1S/C14H19NO/c1-2-13-8-9-15(11-14(13)16)10-12-6-4-3-5-7-12/h3-7,13H,2,8-11H2,1H3/t13-/m0/s1. The lowest BCUT2D eigenvalue weighted by Crippen LogP contribution is -2.40. The lowest BCUT2D eigenvalue weighted by Gasteiger charge is -2.30. The molecule has 2 heteroatoms. The Balaban J connectivity index is 1.91. The number of carbonyl (C=O) groups excluding carboxylic acids is 1. The highest BCUT2D eigenvalue weighted by Crippen LogP contribution is 2.18. The summed E-state index contributed by atoms with van der Waals surface area (Å²) in [4.78, 5) is 14.0. The average molecular weight is 217 g/mol. The van der Waals surface area contributed by atoms with Crippen molar-refractivity contribution in [1.29, 1.82) is 0 Å². The summed E-state index contributed by atoms with van der Waals surface area (Å²) in [6.45, 7) is 4.70. The average Bonchev–Trinajstić information content (AvgIpc) is 2.31. The lowest BCUT2D eigenvalue weighted by molar-refractivity contribution is -0.127. The fourth-order valence-corrected chi connectivity index (χ4v) is 2.34. The molecule has 2 rings (SSSR count). The molecule has 1 aliphatic rings. The maximum atomic E-state index is 11.8. The van der Waals surface area contributed by atoms with Gasteiger partial charge in [-0.15, -0.1) is 0 Å². The Labute approximate surface area is 97.3 Å². The molecule has 0 amide bonds. The molecule has 0 saturated carbocycles. The highest BCUT2D eigenvalue weighted by Gasteiger charge is 2.25. The molecule has 0 aliphatic carbocycles. The number of nitrogens with zero attached hydrogens (tertiary/aromatic N) is 1. The van der Waals surface area contributed by atoms with E-state index in [0.717, 1.165) is 25.9 Å². The summed E-state index contributed by atoms with van der Waals surface area (Å²) in [5.74, 6) is 0.733. The summed E-state index contributed by atoms with van der Waals surface area (Å²) >= 11 is 0. The number of benzene rings is 1. The quantitative estimate of drug-likeness (QED) is 0.775. The Morgan fingerprint density at radius 3 is 2.69 bits per heavy atom. The van der Waals surface area contributed by atoms with Crippen molar-refractivity contribution in [1.82, 2.24) is 4.90 Å². The van der Waals surface area contributed by atoms with Gasteiger partial charge in [0.1, 0.15) is 5.78 Å². The highest BCUT2D eigenvalue weighted by molar-refractivity contribution is 5.83. The van der Waals surface area contributed by atoms with Crippen molar-refractivity contribution in [2.45, 2.75) is 26.3 Å². The van der Waals surface area contributed by atoms with Gasteiger partial charge in [-0.2, -0.15) is 0 Å². The SMILES string of the molecule is CC[C@H]1CCN(Cc2ccccc2)CC1=O. The van der Waals surface area contributed by atoms with Gasteiger partial charge < -0.3 is 0 Å². The molecule has 86 valence electrons. The fraction of sp³-hybridized carbons (Fsp3) is 0.500. The number of hydrogen-bond donors (Lipinski definition) is 0. The van der Waals surface area contributed by atoms with E-state index in [2.05, 4.69) is 36.1 Å². The second-order valence-corrected chi connectivity index (χ2v) is 4.56. The minimum Gasteiger partial charge on any atom is -0.298 e. The number of Topliss-reactive ketones (excluding diaryl/α,β-unsaturated/α-hetero) is 1. The summed E-state index contributed by atoms with van der Waals surface area (Å²) < 4.78 is 0. The molecule has 1 aromatic carbocycles. The van der Waals surface area contributed by atoms with E-state index in [9.17, 15) is 4.79 Å². The zero-order valence-corrected chi connectivity index (χ0v) is 9.86. The third kappa shape index (κ3) is 2.70. The molecule has 0 unspecified atom stereocenters. The van der Waals surface area contributed by atoms with Gasteiger partial charge in [0.05, 0.1) is 6.54 Å². The first-order chi connectivity index (χ1) is 7.79. The van der Waals surface area contributed by atoms with E-state index in [4.69, 9.17) is 0 Å². The van der Waals surface area contributed by atoms with Gasteiger partial charge in [0.25, 0.3) is 0 Å². The minimum atomic E-state index is 0.312. The van der Waals surface area contributed by atoms with Crippen LogP contribution in [0.5, 0.6) is 0 Å². The summed E-state index contributed by atoms with van der Waals surface area (Å²) in [6.07, 6.45) is 2.03. The molecular weight excluding hydrogens is 198 g/mol. The van der Waals surface area contributed by atoms with E-state index in [-0.39, 0.29) is 0 Å². The van der Waals surface area contributed by atoms with Crippen LogP contribution in [0.25, 0.3) is 0 Å². The maximum absolute atomic E-state index is 11.8. The monoisotopic (exact) mass is 217 g/mol. The molecule has 0 N–H and O–H groups in total. The summed E-state index contributed by atoms with van der Waals surface area (Å²) in [5, 5.41) is 0. The van der Waals surface area contributed by atoms with Crippen LogP contribution < -0.4 is 0 Å². The van der Waals surface area contributed by atoms with Crippen molar-refractivity contribution in [2.24, 2.45) is 5.92 Å². The minimum absolute atomic E-state index is 0.312. The van der Waals surface area contributed by atoms with Crippen LogP contribution in [0.3, 0.4) is 0 Å². The van der Waals surface area contributed by atoms with Crippen molar-refractivity contribution in [3.05, 3.63) is 35.9 Å². The number of hydrogen-bond acceptors (Lipinski definition) is 2. The van der Waals surface area contributed by atoms with Crippen LogP contribution in [0.2, 0.25) is 0 Å². The summed E-state index contributed by atoms with van der Waals surface area (Å²) in [7, 11) is 0. The maximum Gasteiger partial charge on any atom is 0.149 e. The van der Waals surface area contributed by atoms with Gasteiger partial charge >= 0.3 is 0 Å². The van der Waals surface area contributed by atoms with Gasteiger partial charge in [-0.1, -0.05) is 37.3 Å². The van der Waals surface area contributed by atoms with Crippen LogP contribution in [0.4, 0.5) is 0 Å². The second kappa shape index (κ2) is 5.26. The first kappa shape index (κ1) is 11.3. The van der Waals surface area contributed by atoms with Crippen LogP contribution in [0.1, 0.15) is 25.3 Å². The van der Waals surface area contributed by atoms with E-state index >= 15 is 0 Å². The highest BCUT2D eigenvalue weighted by atomic mass is 16.1. The molecule has 1 aromatic rings. The fourth-order valence-electron chi connectivity index (χ4n) is 2.34. The first-order valence-corrected chi connectivity index (χ1v) is 6.08. The first-order valence-electron chi connectivity index (χ1n) is 6.08. The number of likely N-dealkylation sites (tertiary alicyclic amines) is 1. The Morgan fingerprint density at radius 1 is 1.31 bits per heavy atom. The largest absolute Gasteiger partial charge is 0.298 e. The Bertz CT molecular complexity index is 347. The van der Waals surface area contributed by atoms with Gasteiger partial charge in [-0.3, -0.25) is 9.69 Å². The Hall–Kier alpha value is -1.15. The number of piperidine rings is 1. The second-order valence-electron chi connectivity index (χ2n) is 4.56. The van der Waals surface area contributed by atoms with E-state index in [1.54, 1.807) is 0 Å². The molecular formula is C14H19NO. The molecule has 1 saturated heterocycles. The van der Waals surface area contributed by atoms with Crippen LogP contribution in [-0.4, -0.2) is 23.8 Å². The van der Waals surface area contributed by atoms with E-state index in [1.807, 2.05) is 6.07 Å². The van der Waals surface area contributed by atoms with Crippen LogP contribution in [-0.2, 0) is 11.3 Å². The van der Waals surface area contributed by atoms with E-state index in [0.29, 0.717) is 18.2 Å². The smallest absolute Gasteiger partial charge is 0.149 e. The van der Waals surface area contributed by atoms with Crippen LogP contribution in [0.15, 0.2) is 30.3 Å². The number of carbonyl (C=O) groups is 1. The van der Waals surface area contributed by atoms with Crippen molar-refractivity contribution in [3.8, 4) is 0 Å². The molecule has 1 fully saturated rings. The van der Waals surface area contributed by atoms with Gasteiger partial charge in [-0.25, -0.2) is 0 Å². The van der Waals surface area contributed by atoms with Crippen molar-refractivity contribution >= 4 is 5.78 Å². The van der Waals surface area contributed by atoms with Gasteiger partial charge in [-0.05, 0) is 24.9 Å². The third-order valence-electron chi connectivity index (χ3n) is 3.37. The van der Waals surface area contributed by atoms with Crippen molar-refractivity contribution < 1.29 is 4.79 Å². The van der Waals surface area contributed by atoms with E-state index in [1.165, 1.54) is 5.56 Å². The van der Waals surface area contributed by atoms with Crippen molar-refractivity contribution in [3.63, 3.8) is 0 Å². The molecule has 1 atom stereocenters. The topological polar surface area (TPSA) is 20.3 Å². The molecule has 0 radical (unpaired) electrons. The van der Waals surface area contributed by atoms with Crippen LogP contribution in [0, 0.1) is 5.92 Å². The Morgan fingerprint density at radius 2 is 2.06 bits per heavy atom. The summed E-state index contributed by atoms with van der Waals surface area (Å²) in [5.41, 5.74) is 1.30. The molecule has 0 spiro atoms. The molecule has 0 aromatic heterocycles. The van der Waals surface area contributed by atoms with Gasteiger partial charge in [0.15, 0.2) is 0 Å². The molecule has 2 nitrogen and oxygen atoms in total. The lowest BCUT2D eigenvalue weighted by atomic mass is 9.93. The van der Waals surface area contributed by atoms with Gasteiger partial charge in [0, 0.05) is 12.5 Å². The molecule has 16 heavy (non-hydrogen) atoms. The van der Waals surface area contributed by atoms with Crippen LogP contribution >= 0.6 is 0 Å². The molecule has 1 heterocycles. The predicted molar refractivity (Wildman–Crippen MR) is 65.1 cm³/mol. The number of rotatable bonds is 3. The van der Waals surface area contributed by atoms with Crippen molar-refractivity contribution in [2.75, 3.05) is 13.1 Å². The molecule has 1 aliphatic heterocycles. The zero-order chi connectivity index (χ0) is 11.4. The molecule has 0 bridgehead atoms.